The van der Waals surface area contributed by atoms with Gasteiger partial charge in [0.1, 0.15) is 0 Å². The van der Waals surface area contributed by atoms with Crippen LogP contribution in [0.25, 0.3) is 0 Å². The van der Waals surface area contributed by atoms with E-state index in [0.29, 0.717) is 19.0 Å². The van der Waals surface area contributed by atoms with Crippen LogP contribution < -0.4 is 5.32 Å². The molecule has 0 aromatic carbocycles. The van der Waals surface area contributed by atoms with Gasteiger partial charge < -0.3 is 20.1 Å². The average molecular weight is 286 g/mol. The number of nitrogens with zero attached hydrogens (tertiary/aromatic N) is 1. The minimum atomic E-state index is -1.15. The summed E-state index contributed by atoms with van der Waals surface area (Å²) >= 11 is 0. The van der Waals surface area contributed by atoms with Crippen LogP contribution in [-0.2, 0) is 19.1 Å². The first-order chi connectivity index (χ1) is 9.35. The Morgan fingerprint density at radius 2 is 2.15 bits per heavy atom. The van der Waals surface area contributed by atoms with E-state index in [1.807, 2.05) is 13.8 Å². The van der Waals surface area contributed by atoms with Gasteiger partial charge in [-0.3, -0.25) is 9.59 Å². The Bertz CT molecular complexity index is 383. The molecule has 1 aliphatic heterocycles. The molecule has 1 rings (SSSR count). The van der Waals surface area contributed by atoms with Crippen LogP contribution in [-0.4, -0.2) is 60.6 Å². The summed E-state index contributed by atoms with van der Waals surface area (Å²) in [5.41, 5.74) is 0. The van der Waals surface area contributed by atoms with Crippen LogP contribution in [0.1, 0.15) is 20.3 Å². The van der Waals surface area contributed by atoms with Crippen molar-refractivity contribution in [3.63, 3.8) is 0 Å². The van der Waals surface area contributed by atoms with Crippen LogP contribution in [0.4, 0.5) is 0 Å². The van der Waals surface area contributed by atoms with Gasteiger partial charge in [-0.25, -0.2) is 4.79 Å². The Kier molecular flexibility index (Phi) is 5.94. The van der Waals surface area contributed by atoms with Gasteiger partial charge in [0.05, 0.1) is 12.5 Å². The highest BCUT2D eigenvalue weighted by Crippen LogP contribution is 2.19. The highest BCUT2D eigenvalue weighted by atomic mass is 16.5. The quantitative estimate of drug-likeness (QED) is 0.670. The average Bonchev–Trinajstić information content (AvgIpc) is 2.69. The maximum atomic E-state index is 12.0. The fourth-order valence-corrected chi connectivity index (χ4v) is 2.20. The second-order valence-corrected chi connectivity index (χ2v) is 5.45. The minimum absolute atomic E-state index is 0.0579. The van der Waals surface area contributed by atoms with E-state index in [4.69, 9.17) is 9.84 Å². The van der Waals surface area contributed by atoms with Gasteiger partial charge in [-0.1, -0.05) is 13.8 Å². The molecule has 1 fully saturated rings. The fraction of sp³-hybridized carbons (Fsp3) is 0.769. The van der Waals surface area contributed by atoms with Crippen LogP contribution in [0.2, 0.25) is 0 Å². The molecule has 7 nitrogen and oxygen atoms in total. The lowest BCUT2D eigenvalue weighted by Gasteiger charge is -2.19. The summed E-state index contributed by atoms with van der Waals surface area (Å²) in [5.74, 6) is -1.77. The lowest BCUT2D eigenvalue weighted by molar-refractivity contribution is -0.143. The largest absolute Gasteiger partial charge is 0.480 e. The third-order valence-corrected chi connectivity index (χ3v) is 3.12. The van der Waals surface area contributed by atoms with Crippen molar-refractivity contribution in [3.05, 3.63) is 0 Å². The third-order valence-electron chi connectivity index (χ3n) is 3.12. The number of hydrogen-bond acceptors (Lipinski definition) is 4. The number of nitrogens with one attached hydrogen (secondary N) is 1. The van der Waals surface area contributed by atoms with E-state index in [0.717, 1.165) is 0 Å². The molecule has 1 saturated heterocycles. The lowest BCUT2D eigenvalue weighted by Crippen LogP contribution is -2.46. The van der Waals surface area contributed by atoms with Gasteiger partial charge >= 0.3 is 5.97 Å². The summed E-state index contributed by atoms with van der Waals surface area (Å²) in [6.45, 7) is 4.86. The topological polar surface area (TPSA) is 95.9 Å². The number of ether oxygens (including phenoxy) is 1. The molecule has 0 radical (unpaired) electrons. The molecule has 0 aliphatic carbocycles. The summed E-state index contributed by atoms with van der Waals surface area (Å²) < 4.78 is 4.75. The number of likely N-dealkylation sites (tertiary alicyclic amines) is 1. The van der Waals surface area contributed by atoms with Crippen LogP contribution >= 0.6 is 0 Å². The van der Waals surface area contributed by atoms with Gasteiger partial charge in [-0.05, 0) is 5.92 Å². The second kappa shape index (κ2) is 7.23. The summed E-state index contributed by atoms with van der Waals surface area (Å²) in [7, 11) is 1.37. The standard InChI is InChI=1S/C13H22N2O5/c1-8(2)5-15-6-9(4-11(15)16)12(17)14-10(7-20-3)13(18)19/h8-10H,4-7H2,1-3H3,(H,14,17)(H,18,19). The summed E-state index contributed by atoms with van der Waals surface area (Å²) in [6, 6.07) is -1.08. The van der Waals surface area contributed by atoms with Gasteiger partial charge in [-0.2, -0.15) is 0 Å². The van der Waals surface area contributed by atoms with Gasteiger partial charge in [0, 0.05) is 26.6 Å². The van der Waals surface area contributed by atoms with Crippen LogP contribution in [0, 0.1) is 11.8 Å². The fourth-order valence-electron chi connectivity index (χ4n) is 2.20. The molecular formula is C13H22N2O5. The monoisotopic (exact) mass is 286 g/mol. The Labute approximate surface area is 118 Å². The molecular weight excluding hydrogens is 264 g/mol. The molecule has 7 heteroatoms. The molecule has 2 unspecified atom stereocenters. The molecule has 2 N–H and O–H groups in total. The maximum absolute atomic E-state index is 12.0. The van der Waals surface area contributed by atoms with Crippen molar-refractivity contribution in [1.29, 1.82) is 0 Å². The van der Waals surface area contributed by atoms with Gasteiger partial charge in [0.15, 0.2) is 6.04 Å². The van der Waals surface area contributed by atoms with Crippen molar-refractivity contribution < 1.29 is 24.2 Å². The van der Waals surface area contributed by atoms with E-state index >= 15 is 0 Å². The Hall–Kier alpha value is -1.63. The molecule has 1 aliphatic rings. The molecule has 0 aromatic rings. The predicted molar refractivity (Wildman–Crippen MR) is 71.0 cm³/mol. The van der Waals surface area contributed by atoms with Crippen molar-refractivity contribution in [3.8, 4) is 0 Å². The molecule has 20 heavy (non-hydrogen) atoms. The smallest absolute Gasteiger partial charge is 0.328 e. The number of carboxylic acids is 1. The van der Waals surface area contributed by atoms with Crippen molar-refractivity contribution in [2.24, 2.45) is 11.8 Å². The zero-order chi connectivity index (χ0) is 15.3. The number of amides is 2. The number of carboxylic acid groups (broad SMARTS) is 1. The number of rotatable bonds is 7. The number of hydrogen-bond donors (Lipinski definition) is 2. The van der Waals surface area contributed by atoms with Crippen LogP contribution in [0.15, 0.2) is 0 Å². The van der Waals surface area contributed by atoms with Crippen molar-refractivity contribution in [2.75, 3.05) is 26.8 Å². The van der Waals surface area contributed by atoms with Gasteiger partial charge in [0.2, 0.25) is 11.8 Å². The molecule has 0 spiro atoms. The van der Waals surface area contributed by atoms with Crippen molar-refractivity contribution >= 4 is 17.8 Å². The summed E-state index contributed by atoms with van der Waals surface area (Å²) in [4.78, 5) is 36.4. The van der Waals surface area contributed by atoms with Gasteiger partial charge in [-0.15, -0.1) is 0 Å². The highest BCUT2D eigenvalue weighted by Gasteiger charge is 2.35. The molecule has 0 bridgehead atoms. The number of carbonyl (C=O) groups is 3. The summed E-state index contributed by atoms with van der Waals surface area (Å²) in [6.07, 6.45) is 0.137. The first-order valence-corrected chi connectivity index (χ1v) is 6.65. The van der Waals surface area contributed by atoms with Gasteiger partial charge in [0.25, 0.3) is 0 Å². The Morgan fingerprint density at radius 3 is 2.65 bits per heavy atom. The van der Waals surface area contributed by atoms with Crippen LogP contribution in [0.5, 0.6) is 0 Å². The van der Waals surface area contributed by atoms with Crippen molar-refractivity contribution in [1.82, 2.24) is 10.2 Å². The van der Waals surface area contributed by atoms with Crippen molar-refractivity contribution in [2.45, 2.75) is 26.3 Å². The van der Waals surface area contributed by atoms with Crippen LogP contribution in [0.3, 0.4) is 0 Å². The minimum Gasteiger partial charge on any atom is -0.480 e. The zero-order valence-electron chi connectivity index (χ0n) is 12.1. The van der Waals surface area contributed by atoms with E-state index < -0.39 is 23.8 Å². The normalized spacial score (nSPS) is 20.3. The number of aliphatic carboxylic acids is 1. The second-order valence-electron chi connectivity index (χ2n) is 5.45. The molecule has 1 heterocycles. The number of methoxy groups -OCH3 is 1. The van der Waals surface area contributed by atoms with E-state index in [2.05, 4.69) is 5.32 Å². The lowest BCUT2D eigenvalue weighted by atomic mass is 10.1. The molecule has 0 aromatic heterocycles. The molecule has 114 valence electrons. The highest BCUT2D eigenvalue weighted by molar-refractivity contribution is 5.91. The van der Waals surface area contributed by atoms with E-state index in [9.17, 15) is 14.4 Å². The Morgan fingerprint density at radius 1 is 1.50 bits per heavy atom. The first kappa shape index (κ1) is 16.4. The van der Waals surface area contributed by atoms with E-state index in [-0.39, 0.29) is 18.9 Å². The Balaban J connectivity index is 2.56. The maximum Gasteiger partial charge on any atom is 0.328 e. The predicted octanol–water partition coefficient (Wildman–Crippen LogP) is -0.293. The molecule has 2 amide bonds. The van der Waals surface area contributed by atoms with E-state index in [1.54, 1.807) is 4.90 Å². The molecule has 0 saturated carbocycles. The summed E-state index contributed by atoms with van der Waals surface area (Å²) in [5, 5.41) is 11.4. The third kappa shape index (κ3) is 4.48. The zero-order valence-corrected chi connectivity index (χ0v) is 12.1. The SMILES string of the molecule is COCC(NC(=O)C1CC(=O)N(CC(C)C)C1)C(=O)O. The number of carbonyl (C=O) groups excluding carboxylic acids is 2. The molecule has 2 atom stereocenters. The first-order valence-electron chi connectivity index (χ1n) is 6.65. The van der Waals surface area contributed by atoms with E-state index in [1.165, 1.54) is 7.11 Å².